The number of nitrogens with one attached hydrogen (secondary N) is 1. The second-order valence-electron chi connectivity index (χ2n) is 3.43. The van der Waals surface area contributed by atoms with E-state index < -0.39 is 5.97 Å². The van der Waals surface area contributed by atoms with Crippen LogP contribution in [-0.4, -0.2) is 22.7 Å². The molecule has 0 aliphatic carbocycles. The van der Waals surface area contributed by atoms with E-state index in [1.165, 1.54) is 0 Å². The highest BCUT2D eigenvalue weighted by atomic mass is 16.4. The number of aromatic hydroxyl groups is 1. The van der Waals surface area contributed by atoms with Crippen molar-refractivity contribution >= 4 is 22.4 Å². The van der Waals surface area contributed by atoms with E-state index in [0.29, 0.717) is 11.1 Å². The summed E-state index contributed by atoms with van der Waals surface area (Å²) >= 11 is 0. The molecule has 2 aromatic rings. The molecular weight excluding hydrogens is 206 g/mol. The van der Waals surface area contributed by atoms with E-state index in [4.69, 9.17) is 5.11 Å². The number of rotatable bonds is 3. The van der Waals surface area contributed by atoms with E-state index in [9.17, 15) is 9.90 Å². The molecule has 2 rings (SSSR count). The molecule has 0 aromatic heterocycles. The van der Waals surface area contributed by atoms with Crippen molar-refractivity contribution in [3.63, 3.8) is 0 Å². The summed E-state index contributed by atoms with van der Waals surface area (Å²) in [5, 5.41) is 22.5. The molecule has 0 fully saturated rings. The minimum Gasteiger partial charge on any atom is -0.507 e. The minimum absolute atomic E-state index is 0.144. The summed E-state index contributed by atoms with van der Waals surface area (Å²) in [4.78, 5) is 10.5. The average Bonchev–Trinajstić information content (AvgIpc) is 2.27. The summed E-state index contributed by atoms with van der Waals surface area (Å²) in [7, 11) is 0. The molecule has 4 nitrogen and oxygen atoms in total. The van der Waals surface area contributed by atoms with Crippen molar-refractivity contribution in [3.05, 3.63) is 36.4 Å². The van der Waals surface area contributed by atoms with E-state index in [2.05, 4.69) is 5.32 Å². The molecule has 0 saturated heterocycles. The van der Waals surface area contributed by atoms with Crippen molar-refractivity contribution in [1.82, 2.24) is 0 Å². The van der Waals surface area contributed by atoms with Gasteiger partial charge in [-0.2, -0.15) is 0 Å². The number of phenols is 1. The normalized spacial score (nSPS) is 10.2. The largest absolute Gasteiger partial charge is 0.507 e. The van der Waals surface area contributed by atoms with Crippen LogP contribution in [0.4, 0.5) is 5.69 Å². The van der Waals surface area contributed by atoms with Gasteiger partial charge in [-0.1, -0.05) is 24.3 Å². The zero-order valence-corrected chi connectivity index (χ0v) is 8.47. The molecule has 0 heterocycles. The first kappa shape index (κ1) is 10.3. The lowest BCUT2D eigenvalue weighted by Gasteiger charge is -2.08. The Balaban J connectivity index is 2.45. The van der Waals surface area contributed by atoms with Gasteiger partial charge in [-0.3, -0.25) is 4.79 Å². The zero-order valence-electron chi connectivity index (χ0n) is 8.47. The molecule has 0 atom stereocenters. The number of anilines is 1. The van der Waals surface area contributed by atoms with E-state index in [-0.39, 0.29) is 12.3 Å². The third-order valence-electron chi connectivity index (χ3n) is 2.33. The topological polar surface area (TPSA) is 69.6 Å². The average molecular weight is 217 g/mol. The number of carbonyl (C=O) groups is 1. The summed E-state index contributed by atoms with van der Waals surface area (Å²) in [6, 6.07) is 10.5. The van der Waals surface area contributed by atoms with Gasteiger partial charge in [-0.05, 0) is 12.1 Å². The lowest BCUT2D eigenvalue weighted by Crippen LogP contribution is -2.12. The number of phenolic OH excluding ortho intramolecular Hbond substituents is 1. The van der Waals surface area contributed by atoms with Crippen molar-refractivity contribution in [2.24, 2.45) is 0 Å². The Morgan fingerprint density at radius 2 is 1.81 bits per heavy atom. The van der Waals surface area contributed by atoms with Crippen LogP contribution < -0.4 is 5.32 Å². The third kappa shape index (κ3) is 1.91. The highest BCUT2D eigenvalue weighted by Gasteiger charge is 2.04. The predicted octanol–water partition coefficient (Wildman–Crippen LogP) is 2.04. The van der Waals surface area contributed by atoms with Crippen LogP contribution in [0.5, 0.6) is 5.75 Å². The molecule has 0 unspecified atom stereocenters. The van der Waals surface area contributed by atoms with Gasteiger partial charge in [-0.15, -0.1) is 0 Å². The van der Waals surface area contributed by atoms with Crippen molar-refractivity contribution in [2.75, 3.05) is 11.9 Å². The molecule has 16 heavy (non-hydrogen) atoms. The van der Waals surface area contributed by atoms with Crippen molar-refractivity contribution < 1.29 is 15.0 Å². The summed E-state index contributed by atoms with van der Waals surface area (Å²) in [5.41, 5.74) is 0.704. The van der Waals surface area contributed by atoms with Crippen molar-refractivity contribution in [1.29, 1.82) is 0 Å². The standard InChI is InChI=1S/C12H11NO3/c14-11-6-2-3-8-9(11)4-1-5-10(8)13-7-12(15)16/h1-6,13-14H,7H2,(H,15,16). The fourth-order valence-electron chi connectivity index (χ4n) is 1.62. The highest BCUT2D eigenvalue weighted by Crippen LogP contribution is 2.29. The van der Waals surface area contributed by atoms with Gasteiger partial charge in [0.05, 0.1) is 0 Å². The molecule has 0 aliphatic rings. The van der Waals surface area contributed by atoms with Crippen LogP contribution in [0.3, 0.4) is 0 Å². The van der Waals surface area contributed by atoms with Gasteiger partial charge in [0, 0.05) is 16.5 Å². The van der Waals surface area contributed by atoms with Crippen LogP contribution in [-0.2, 0) is 4.79 Å². The molecule has 0 aliphatic heterocycles. The van der Waals surface area contributed by atoms with E-state index >= 15 is 0 Å². The summed E-state index contributed by atoms with van der Waals surface area (Å²) < 4.78 is 0. The molecule has 0 spiro atoms. The number of hydrogen-bond acceptors (Lipinski definition) is 3. The number of carboxylic acid groups (broad SMARTS) is 1. The molecule has 0 bridgehead atoms. The fraction of sp³-hybridized carbons (Fsp3) is 0.0833. The smallest absolute Gasteiger partial charge is 0.322 e. The molecule has 2 aromatic carbocycles. The number of fused-ring (bicyclic) bond motifs is 1. The maximum absolute atomic E-state index is 10.5. The third-order valence-corrected chi connectivity index (χ3v) is 2.33. The Kier molecular flexibility index (Phi) is 2.64. The van der Waals surface area contributed by atoms with E-state index in [0.717, 1.165) is 5.39 Å². The molecule has 82 valence electrons. The second-order valence-corrected chi connectivity index (χ2v) is 3.43. The summed E-state index contributed by atoms with van der Waals surface area (Å²) in [5.74, 6) is -0.728. The molecule has 0 saturated carbocycles. The summed E-state index contributed by atoms with van der Waals surface area (Å²) in [6.07, 6.45) is 0. The number of benzene rings is 2. The maximum Gasteiger partial charge on any atom is 0.322 e. The van der Waals surface area contributed by atoms with Crippen LogP contribution in [0.2, 0.25) is 0 Å². The van der Waals surface area contributed by atoms with Gasteiger partial charge in [0.1, 0.15) is 12.3 Å². The van der Waals surface area contributed by atoms with Gasteiger partial charge in [0.25, 0.3) is 0 Å². The lowest BCUT2D eigenvalue weighted by atomic mass is 10.1. The Morgan fingerprint density at radius 1 is 1.12 bits per heavy atom. The van der Waals surface area contributed by atoms with Gasteiger partial charge in [0.2, 0.25) is 0 Å². The first-order chi connectivity index (χ1) is 7.68. The number of hydrogen-bond donors (Lipinski definition) is 3. The molecule has 0 amide bonds. The summed E-state index contributed by atoms with van der Waals surface area (Å²) in [6.45, 7) is -0.144. The molecular formula is C12H11NO3. The second kappa shape index (κ2) is 4.10. The van der Waals surface area contributed by atoms with Gasteiger partial charge in [0.15, 0.2) is 0 Å². The lowest BCUT2D eigenvalue weighted by molar-refractivity contribution is -0.134. The molecule has 0 radical (unpaired) electrons. The Labute approximate surface area is 92.1 Å². The highest BCUT2D eigenvalue weighted by molar-refractivity contribution is 5.98. The van der Waals surface area contributed by atoms with Crippen molar-refractivity contribution in [2.45, 2.75) is 0 Å². The minimum atomic E-state index is -0.919. The zero-order chi connectivity index (χ0) is 11.5. The Bertz CT molecular complexity index is 537. The van der Waals surface area contributed by atoms with E-state index in [1.807, 2.05) is 6.07 Å². The van der Waals surface area contributed by atoms with Gasteiger partial charge < -0.3 is 15.5 Å². The van der Waals surface area contributed by atoms with Crippen molar-refractivity contribution in [3.8, 4) is 5.75 Å². The maximum atomic E-state index is 10.5. The van der Waals surface area contributed by atoms with Gasteiger partial charge >= 0.3 is 5.97 Å². The Hall–Kier alpha value is -2.23. The SMILES string of the molecule is O=C(O)CNc1cccc2c(O)cccc12. The monoisotopic (exact) mass is 217 g/mol. The van der Waals surface area contributed by atoms with Gasteiger partial charge in [-0.25, -0.2) is 0 Å². The van der Waals surface area contributed by atoms with Crippen LogP contribution in [0.15, 0.2) is 36.4 Å². The van der Waals surface area contributed by atoms with E-state index in [1.54, 1.807) is 30.3 Å². The first-order valence-electron chi connectivity index (χ1n) is 4.85. The number of aliphatic carboxylic acids is 1. The van der Waals surface area contributed by atoms with Crippen LogP contribution in [0.25, 0.3) is 10.8 Å². The van der Waals surface area contributed by atoms with Crippen LogP contribution in [0.1, 0.15) is 0 Å². The fourth-order valence-corrected chi connectivity index (χ4v) is 1.62. The predicted molar refractivity (Wildman–Crippen MR) is 61.7 cm³/mol. The van der Waals surface area contributed by atoms with Crippen LogP contribution in [0, 0.1) is 0 Å². The molecule has 4 heteroatoms. The Morgan fingerprint density at radius 3 is 2.56 bits per heavy atom. The number of carboxylic acids is 1. The first-order valence-corrected chi connectivity index (χ1v) is 4.85. The quantitative estimate of drug-likeness (QED) is 0.735. The van der Waals surface area contributed by atoms with Crippen LogP contribution >= 0.6 is 0 Å². The molecule has 3 N–H and O–H groups in total.